The van der Waals surface area contributed by atoms with Crippen LogP contribution < -0.4 is 5.32 Å². The summed E-state index contributed by atoms with van der Waals surface area (Å²) in [6, 6.07) is 7.59. The van der Waals surface area contributed by atoms with Gasteiger partial charge in [0.2, 0.25) is 15.9 Å². The van der Waals surface area contributed by atoms with E-state index >= 15 is 0 Å². The van der Waals surface area contributed by atoms with Crippen LogP contribution in [0, 0.1) is 11.3 Å². The third-order valence-electron chi connectivity index (χ3n) is 4.88. The number of nitrogens with zero attached hydrogens (tertiary/aromatic N) is 4. The summed E-state index contributed by atoms with van der Waals surface area (Å²) in [6.07, 6.45) is 1.87. The highest BCUT2D eigenvalue weighted by Crippen LogP contribution is 2.14. The van der Waals surface area contributed by atoms with Crippen LogP contribution in [0.3, 0.4) is 0 Å². The van der Waals surface area contributed by atoms with Gasteiger partial charge in [-0.2, -0.15) is 9.57 Å². The normalized spacial score (nSPS) is 16.1. The van der Waals surface area contributed by atoms with E-state index < -0.39 is 10.0 Å². The average Bonchev–Trinajstić information content (AvgIpc) is 2.69. The summed E-state index contributed by atoms with van der Waals surface area (Å²) in [5.41, 5.74) is 0.385. The highest BCUT2D eigenvalue weighted by molar-refractivity contribution is 7.89. The highest BCUT2D eigenvalue weighted by atomic mass is 32.2. The minimum atomic E-state index is -3.76. The highest BCUT2D eigenvalue weighted by Gasteiger charge is 2.22. The minimum absolute atomic E-state index is 0.0639. The zero-order valence-electron chi connectivity index (χ0n) is 16.6. The molecule has 2 rings (SSSR count). The molecule has 0 saturated carbocycles. The number of nitrogens with one attached hydrogen (secondary N) is 1. The molecule has 1 aliphatic heterocycles. The van der Waals surface area contributed by atoms with E-state index in [1.807, 2.05) is 6.07 Å². The Kier molecular flexibility index (Phi) is 8.38. The van der Waals surface area contributed by atoms with Gasteiger partial charge in [-0.15, -0.1) is 0 Å². The number of piperazine rings is 1. The maximum Gasteiger partial charge on any atom is 0.243 e. The molecule has 154 valence electrons. The topological polar surface area (TPSA) is 96.8 Å². The molecule has 1 aliphatic rings. The van der Waals surface area contributed by atoms with Crippen LogP contribution in [-0.2, 0) is 14.8 Å². The molecule has 9 heteroatoms. The standard InChI is InChI=1S/C19H29N5O3S/c1-22-11-13-24(14-12-22)10-4-3-9-21-19(25)16-23(2)28(26,27)18-7-5-17(15-20)6-8-18/h5-8H,3-4,9-14,16H2,1-2H3,(H,21,25). The molecule has 1 aromatic carbocycles. The van der Waals surface area contributed by atoms with Gasteiger partial charge in [0.15, 0.2) is 0 Å². The molecule has 0 spiro atoms. The van der Waals surface area contributed by atoms with Gasteiger partial charge in [-0.1, -0.05) is 0 Å². The number of unbranched alkanes of at least 4 members (excludes halogenated alkanes) is 1. The van der Waals surface area contributed by atoms with Gasteiger partial charge in [0.05, 0.1) is 23.1 Å². The van der Waals surface area contributed by atoms with Crippen molar-refractivity contribution in [1.29, 1.82) is 5.26 Å². The molecule has 0 radical (unpaired) electrons. The third kappa shape index (κ3) is 6.56. The summed E-state index contributed by atoms with van der Waals surface area (Å²) < 4.78 is 26.0. The van der Waals surface area contributed by atoms with E-state index in [1.54, 1.807) is 0 Å². The van der Waals surface area contributed by atoms with Gasteiger partial charge in [-0.05, 0) is 50.7 Å². The third-order valence-corrected chi connectivity index (χ3v) is 6.69. The Labute approximate surface area is 167 Å². The Hall–Kier alpha value is -1.99. The average molecular weight is 408 g/mol. The first-order valence-corrected chi connectivity index (χ1v) is 10.9. The lowest BCUT2D eigenvalue weighted by atomic mass is 10.2. The zero-order chi connectivity index (χ0) is 20.6. The van der Waals surface area contributed by atoms with E-state index in [4.69, 9.17) is 5.26 Å². The maximum absolute atomic E-state index is 12.5. The predicted octanol–water partition coefficient (Wildman–Crippen LogP) is 0.323. The summed E-state index contributed by atoms with van der Waals surface area (Å²) >= 11 is 0. The fraction of sp³-hybridized carbons (Fsp3) is 0.579. The van der Waals surface area contributed by atoms with E-state index in [9.17, 15) is 13.2 Å². The smallest absolute Gasteiger partial charge is 0.243 e. The fourth-order valence-corrected chi connectivity index (χ4v) is 4.11. The second-order valence-corrected chi connectivity index (χ2v) is 9.14. The van der Waals surface area contributed by atoms with Crippen molar-refractivity contribution in [3.63, 3.8) is 0 Å². The van der Waals surface area contributed by atoms with Crippen LogP contribution in [0.2, 0.25) is 0 Å². The molecule has 0 unspecified atom stereocenters. The molecule has 1 aromatic rings. The molecule has 1 amide bonds. The zero-order valence-corrected chi connectivity index (χ0v) is 17.4. The molecule has 8 nitrogen and oxygen atoms in total. The van der Waals surface area contributed by atoms with Crippen molar-refractivity contribution in [2.45, 2.75) is 17.7 Å². The minimum Gasteiger partial charge on any atom is -0.355 e. The van der Waals surface area contributed by atoms with E-state index in [0.717, 1.165) is 49.9 Å². The molecule has 0 atom stereocenters. The number of likely N-dealkylation sites (N-methyl/N-ethyl adjacent to an activating group) is 2. The van der Waals surface area contributed by atoms with Gasteiger partial charge in [0.25, 0.3) is 0 Å². The maximum atomic E-state index is 12.5. The lowest BCUT2D eigenvalue weighted by Gasteiger charge is -2.32. The van der Waals surface area contributed by atoms with Crippen LogP contribution in [0.5, 0.6) is 0 Å². The largest absolute Gasteiger partial charge is 0.355 e. The molecule has 1 heterocycles. The number of sulfonamides is 1. The van der Waals surface area contributed by atoms with E-state index in [1.165, 1.54) is 31.3 Å². The van der Waals surface area contributed by atoms with Crippen molar-refractivity contribution < 1.29 is 13.2 Å². The van der Waals surface area contributed by atoms with Crippen molar-refractivity contribution in [2.75, 3.05) is 59.9 Å². The first-order chi connectivity index (χ1) is 13.3. The van der Waals surface area contributed by atoms with Crippen LogP contribution in [0.1, 0.15) is 18.4 Å². The molecule has 1 N–H and O–H groups in total. The molecular formula is C19H29N5O3S. The number of hydrogen-bond donors (Lipinski definition) is 1. The first-order valence-electron chi connectivity index (χ1n) is 9.47. The van der Waals surface area contributed by atoms with Crippen LogP contribution >= 0.6 is 0 Å². The Bertz CT molecular complexity index is 781. The van der Waals surface area contributed by atoms with Crippen molar-refractivity contribution in [3.8, 4) is 6.07 Å². The second kappa shape index (κ2) is 10.5. The fourth-order valence-electron chi connectivity index (χ4n) is 2.98. The van der Waals surface area contributed by atoms with E-state index in [-0.39, 0.29) is 17.3 Å². The number of nitriles is 1. The van der Waals surface area contributed by atoms with Crippen molar-refractivity contribution in [2.24, 2.45) is 0 Å². The Morgan fingerprint density at radius 1 is 1.18 bits per heavy atom. The predicted molar refractivity (Wildman–Crippen MR) is 107 cm³/mol. The number of carbonyl (C=O) groups excluding carboxylic acids is 1. The molecular weight excluding hydrogens is 378 g/mol. The number of carbonyl (C=O) groups is 1. The number of rotatable bonds is 9. The molecule has 0 aromatic heterocycles. The van der Waals surface area contributed by atoms with E-state index in [2.05, 4.69) is 22.2 Å². The van der Waals surface area contributed by atoms with E-state index in [0.29, 0.717) is 12.1 Å². The molecule has 0 bridgehead atoms. The van der Waals surface area contributed by atoms with Crippen LogP contribution in [-0.4, -0.2) is 88.3 Å². The van der Waals surface area contributed by atoms with Crippen molar-refractivity contribution >= 4 is 15.9 Å². The molecule has 1 fully saturated rings. The van der Waals surface area contributed by atoms with Gasteiger partial charge in [0, 0.05) is 39.8 Å². The lowest BCUT2D eigenvalue weighted by molar-refractivity contribution is -0.121. The van der Waals surface area contributed by atoms with Gasteiger partial charge in [-0.25, -0.2) is 8.42 Å². The summed E-state index contributed by atoms with van der Waals surface area (Å²) in [4.78, 5) is 16.9. The number of amides is 1. The van der Waals surface area contributed by atoms with Crippen molar-refractivity contribution in [1.82, 2.24) is 19.4 Å². The number of hydrogen-bond acceptors (Lipinski definition) is 6. The Balaban J connectivity index is 1.69. The summed E-state index contributed by atoms with van der Waals surface area (Å²) in [5.74, 6) is -0.320. The summed E-state index contributed by atoms with van der Waals surface area (Å²) in [7, 11) is -0.255. The van der Waals surface area contributed by atoms with Gasteiger partial charge < -0.3 is 15.1 Å². The Morgan fingerprint density at radius 3 is 2.43 bits per heavy atom. The second-order valence-electron chi connectivity index (χ2n) is 7.10. The summed E-state index contributed by atoms with van der Waals surface area (Å²) in [6.45, 7) is 5.68. The quantitative estimate of drug-likeness (QED) is 0.593. The van der Waals surface area contributed by atoms with Gasteiger partial charge in [0.1, 0.15) is 0 Å². The SMILES string of the molecule is CN1CCN(CCCCNC(=O)CN(C)S(=O)(=O)c2ccc(C#N)cc2)CC1. The lowest BCUT2D eigenvalue weighted by Crippen LogP contribution is -2.44. The monoisotopic (exact) mass is 407 g/mol. The Morgan fingerprint density at radius 2 is 1.82 bits per heavy atom. The molecule has 1 saturated heterocycles. The number of benzene rings is 1. The summed E-state index contributed by atoms with van der Waals surface area (Å²) in [5, 5.41) is 11.6. The van der Waals surface area contributed by atoms with Crippen LogP contribution in [0.25, 0.3) is 0 Å². The molecule has 0 aliphatic carbocycles. The van der Waals surface area contributed by atoms with Gasteiger partial charge >= 0.3 is 0 Å². The van der Waals surface area contributed by atoms with Crippen molar-refractivity contribution in [3.05, 3.63) is 29.8 Å². The van der Waals surface area contributed by atoms with Crippen LogP contribution in [0.15, 0.2) is 29.2 Å². The molecule has 28 heavy (non-hydrogen) atoms. The van der Waals surface area contributed by atoms with Crippen LogP contribution in [0.4, 0.5) is 0 Å². The van der Waals surface area contributed by atoms with Gasteiger partial charge in [-0.3, -0.25) is 4.79 Å². The first kappa shape index (κ1) is 22.3.